The predicted molar refractivity (Wildman–Crippen MR) is 78.6 cm³/mol. The number of amides is 1. The Morgan fingerprint density at radius 3 is 2.77 bits per heavy atom. The van der Waals surface area contributed by atoms with Gasteiger partial charge in [0, 0.05) is 0 Å². The van der Waals surface area contributed by atoms with Gasteiger partial charge in [-0.15, -0.1) is 5.10 Å². The summed E-state index contributed by atoms with van der Waals surface area (Å²) in [6.45, 7) is 1.55. The van der Waals surface area contributed by atoms with Crippen LogP contribution < -0.4 is 10.2 Å². The van der Waals surface area contributed by atoms with Gasteiger partial charge in [-0.25, -0.2) is 4.39 Å². The Kier molecular flexibility index (Phi) is 3.69. The molecule has 0 bridgehead atoms. The molecule has 3 aromatic rings. The number of anilines is 1. The van der Waals surface area contributed by atoms with Gasteiger partial charge in [-0.1, -0.05) is 29.1 Å². The van der Waals surface area contributed by atoms with Crippen LogP contribution in [0.25, 0.3) is 11.0 Å². The molecule has 7 heteroatoms. The van der Waals surface area contributed by atoms with Crippen LogP contribution in [0.2, 0.25) is 0 Å². The van der Waals surface area contributed by atoms with E-state index in [1.165, 1.54) is 17.0 Å². The third-order valence-electron chi connectivity index (χ3n) is 3.08. The molecule has 112 valence electrons. The number of aromatic nitrogens is 3. The number of carbonyl (C=O) groups is 1. The minimum absolute atomic E-state index is 0.103. The van der Waals surface area contributed by atoms with Gasteiger partial charge in [0.1, 0.15) is 16.9 Å². The van der Waals surface area contributed by atoms with Gasteiger partial charge in [-0.05, 0) is 36.4 Å². The molecule has 1 atom stereocenters. The first-order valence-electron chi connectivity index (χ1n) is 6.68. The van der Waals surface area contributed by atoms with E-state index in [0.29, 0.717) is 11.0 Å². The zero-order valence-electron chi connectivity index (χ0n) is 11.7. The quantitative estimate of drug-likeness (QED) is 0.800. The number of para-hydroxylation sites is 2. The van der Waals surface area contributed by atoms with Gasteiger partial charge in [0.15, 0.2) is 0 Å². The molecule has 0 saturated heterocycles. The molecule has 3 rings (SSSR count). The van der Waals surface area contributed by atoms with Crippen LogP contribution in [-0.2, 0) is 4.79 Å². The van der Waals surface area contributed by atoms with E-state index in [9.17, 15) is 9.18 Å². The minimum Gasteiger partial charge on any atom is -0.382 e. The van der Waals surface area contributed by atoms with Crippen LogP contribution in [0.15, 0.2) is 48.5 Å². The summed E-state index contributed by atoms with van der Waals surface area (Å²) >= 11 is 0. The van der Waals surface area contributed by atoms with Gasteiger partial charge in [-0.2, -0.15) is 0 Å². The average molecular weight is 300 g/mol. The third kappa shape index (κ3) is 2.73. The van der Waals surface area contributed by atoms with Gasteiger partial charge in [0.25, 0.3) is 5.91 Å². The summed E-state index contributed by atoms with van der Waals surface area (Å²) in [7, 11) is 0. The van der Waals surface area contributed by atoms with Gasteiger partial charge in [0.2, 0.25) is 6.10 Å². The fourth-order valence-corrected chi connectivity index (χ4v) is 1.92. The minimum atomic E-state index is -0.871. The van der Waals surface area contributed by atoms with E-state index in [-0.39, 0.29) is 5.69 Å². The Bertz CT molecular complexity index is 818. The van der Waals surface area contributed by atoms with Crippen molar-refractivity contribution in [3.05, 3.63) is 54.3 Å². The molecule has 1 heterocycles. The van der Waals surface area contributed by atoms with Crippen molar-refractivity contribution < 1.29 is 14.0 Å². The van der Waals surface area contributed by atoms with Crippen molar-refractivity contribution in [3.63, 3.8) is 0 Å². The second kappa shape index (κ2) is 5.80. The number of hydrogen-bond acceptors (Lipinski definition) is 4. The van der Waals surface area contributed by atoms with Crippen molar-refractivity contribution in [2.24, 2.45) is 0 Å². The van der Waals surface area contributed by atoms with Crippen molar-refractivity contribution >= 4 is 22.6 Å². The van der Waals surface area contributed by atoms with Crippen molar-refractivity contribution in [2.45, 2.75) is 13.0 Å². The Labute approximate surface area is 125 Å². The molecule has 0 fully saturated rings. The van der Waals surface area contributed by atoms with E-state index < -0.39 is 17.8 Å². The smallest absolute Gasteiger partial charge is 0.268 e. The normalized spacial score (nSPS) is 12.1. The topological polar surface area (TPSA) is 69.0 Å². The summed E-state index contributed by atoms with van der Waals surface area (Å²) in [4.78, 5) is 18.7. The van der Waals surface area contributed by atoms with Crippen molar-refractivity contribution in [1.29, 1.82) is 0 Å². The van der Waals surface area contributed by atoms with Crippen LogP contribution in [0.1, 0.15) is 6.92 Å². The first-order chi connectivity index (χ1) is 10.6. The lowest BCUT2D eigenvalue weighted by Crippen LogP contribution is -2.35. The maximum atomic E-state index is 13.5. The molecule has 0 spiro atoms. The van der Waals surface area contributed by atoms with Crippen LogP contribution in [0.5, 0.6) is 0 Å². The summed E-state index contributed by atoms with van der Waals surface area (Å²) in [6.07, 6.45) is -0.871. The molecule has 6 nitrogen and oxygen atoms in total. The highest BCUT2D eigenvalue weighted by molar-refractivity contribution is 5.94. The van der Waals surface area contributed by atoms with E-state index in [2.05, 4.69) is 15.6 Å². The standard InChI is InChI=1S/C15H13FN4O2/c1-10(15(21)17-12-7-3-2-6-11(12)16)22-20-14-9-5-4-8-13(14)18-19-20/h2-10H,1H3,(H,17,21)/t10-/m0/s1. The van der Waals surface area contributed by atoms with Crippen LogP contribution in [-0.4, -0.2) is 27.2 Å². The maximum Gasteiger partial charge on any atom is 0.268 e. The Balaban J connectivity index is 1.73. The van der Waals surface area contributed by atoms with Gasteiger partial charge >= 0.3 is 0 Å². The monoisotopic (exact) mass is 300 g/mol. The molecule has 0 aliphatic carbocycles. The first kappa shape index (κ1) is 14.0. The summed E-state index contributed by atoms with van der Waals surface area (Å²) in [5.74, 6) is -0.987. The molecule has 1 amide bonds. The second-order valence-corrected chi connectivity index (χ2v) is 4.67. The number of benzene rings is 2. The summed E-state index contributed by atoms with van der Waals surface area (Å²) < 4.78 is 13.5. The van der Waals surface area contributed by atoms with Gasteiger partial charge < -0.3 is 10.2 Å². The number of fused-ring (bicyclic) bond motifs is 1. The average Bonchev–Trinajstić information content (AvgIpc) is 2.93. The lowest BCUT2D eigenvalue weighted by Gasteiger charge is -2.14. The fraction of sp³-hybridized carbons (Fsp3) is 0.133. The number of rotatable bonds is 4. The number of halogens is 1. The largest absolute Gasteiger partial charge is 0.382 e. The van der Waals surface area contributed by atoms with Crippen molar-refractivity contribution in [3.8, 4) is 0 Å². The molecule has 22 heavy (non-hydrogen) atoms. The molecule has 0 aliphatic heterocycles. The van der Waals surface area contributed by atoms with Crippen molar-refractivity contribution in [1.82, 2.24) is 15.2 Å². The zero-order valence-corrected chi connectivity index (χ0v) is 11.7. The highest BCUT2D eigenvalue weighted by atomic mass is 19.1. The molecule has 2 aromatic carbocycles. The van der Waals surface area contributed by atoms with E-state index in [0.717, 1.165) is 0 Å². The fourth-order valence-electron chi connectivity index (χ4n) is 1.92. The molecule has 1 N–H and O–H groups in total. The number of hydrogen-bond donors (Lipinski definition) is 1. The van der Waals surface area contributed by atoms with Crippen LogP contribution in [0.3, 0.4) is 0 Å². The molecule has 0 aliphatic rings. The van der Waals surface area contributed by atoms with E-state index in [4.69, 9.17) is 4.84 Å². The predicted octanol–water partition coefficient (Wildman–Crippen LogP) is 2.03. The molecule has 0 unspecified atom stereocenters. The SMILES string of the molecule is C[C@H](On1nnc2ccccc21)C(=O)Nc1ccccc1F. The highest BCUT2D eigenvalue weighted by Gasteiger charge is 2.18. The van der Waals surface area contributed by atoms with Gasteiger partial charge in [-0.3, -0.25) is 4.79 Å². The Morgan fingerprint density at radius 2 is 1.95 bits per heavy atom. The van der Waals surface area contributed by atoms with Crippen molar-refractivity contribution in [2.75, 3.05) is 5.32 Å². The zero-order chi connectivity index (χ0) is 15.5. The van der Waals surface area contributed by atoms with E-state index in [1.807, 2.05) is 12.1 Å². The first-order valence-corrected chi connectivity index (χ1v) is 6.68. The molecular weight excluding hydrogens is 287 g/mol. The van der Waals surface area contributed by atoms with Crippen LogP contribution in [0, 0.1) is 5.82 Å². The van der Waals surface area contributed by atoms with E-state index >= 15 is 0 Å². The lowest BCUT2D eigenvalue weighted by molar-refractivity contribution is -0.127. The highest BCUT2D eigenvalue weighted by Crippen LogP contribution is 2.13. The summed E-state index contributed by atoms with van der Waals surface area (Å²) in [6, 6.07) is 13.1. The molecule has 1 aromatic heterocycles. The number of nitrogens with one attached hydrogen (secondary N) is 1. The second-order valence-electron chi connectivity index (χ2n) is 4.67. The summed E-state index contributed by atoms with van der Waals surface area (Å²) in [5.41, 5.74) is 1.41. The molecule has 0 saturated carbocycles. The summed E-state index contributed by atoms with van der Waals surface area (Å²) in [5, 5.41) is 10.2. The Morgan fingerprint density at radius 1 is 1.23 bits per heavy atom. The molecular formula is C15H13FN4O2. The van der Waals surface area contributed by atoms with Crippen LogP contribution in [0.4, 0.5) is 10.1 Å². The molecule has 0 radical (unpaired) electrons. The number of carbonyl (C=O) groups excluding carboxylic acids is 1. The van der Waals surface area contributed by atoms with Gasteiger partial charge in [0.05, 0.1) is 5.69 Å². The maximum absolute atomic E-state index is 13.5. The number of nitrogens with zero attached hydrogens (tertiary/aromatic N) is 3. The third-order valence-corrected chi connectivity index (χ3v) is 3.08. The van der Waals surface area contributed by atoms with Crippen LogP contribution >= 0.6 is 0 Å². The lowest BCUT2D eigenvalue weighted by atomic mass is 10.3. The van der Waals surface area contributed by atoms with E-state index in [1.54, 1.807) is 31.2 Å². The Hall–Kier alpha value is -2.96.